The van der Waals surface area contributed by atoms with E-state index in [1.807, 2.05) is 38.1 Å². The average molecular weight is 1580 g/mol. The van der Waals surface area contributed by atoms with E-state index in [-0.39, 0.29) is 30.5 Å². The van der Waals surface area contributed by atoms with E-state index in [4.69, 9.17) is 23.7 Å². The quantitative estimate of drug-likeness (QED) is 0.0406. The number of esters is 2. The summed E-state index contributed by atoms with van der Waals surface area (Å²) in [6.45, 7) is 48.8. The lowest BCUT2D eigenvalue weighted by Crippen LogP contribution is -2.11. The molecule has 0 aliphatic heterocycles. The number of carbonyl (C=O) groups excluding carboxylic acids is 4. The molecular weight excluding hydrogens is 1460 g/mol. The predicted molar refractivity (Wildman–Crippen MR) is 501 cm³/mol. The second-order valence-electron chi connectivity index (χ2n) is 32.1. The summed E-state index contributed by atoms with van der Waals surface area (Å²) < 4.78 is 30.6. The van der Waals surface area contributed by atoms with Gasteiger partial charge in [-0.2, -0.15) is 0 Å². The van der Waals surface area contributed by atoms with Crippen LogP contribution < -0.4 is 23.7 Å². The molecule has 0 aromatic heterocycles. The van der Waals surface area contributed by atoms with E-state index in [0.29, 0.717) is 41.1 Å². The minimum atomic E-state index is -0.608. The van der Waals surface area contributed by atoms with Crippen LogP contribution in [0.4, 0.5) is 0 Å². The van der Waals surface area contributed by atoms with Gasteiger partial charge in [-0.15, -0.1) is 0 Å². The van der Waals surface area contributed by atoms with Gasteiger partial charge in [0.1, 0.15) is 22.8 Å². The van der Waals surface area contributed by atoms with Gasteiger partial charge in [-0.25, -0.2) is 4.79 Å². The fourth-order valence-electron chi connectivity index (χ4n) is 14.7. The monoisotopic (exact) mass is 1570 g/mol. The average Bonchev–Trinajstić information content (AvgIpc) is 0.741. The molecule has 0 radical (unpaired) electrons. The van der Waals surface area contributed by atoms with Crippen molar-refractivity contribution < 1.29 is 47.6 Å². The van der Waals surface area contributed by atoms with Crippen molar-refractivity contribution in [3.8, 4) is 28.7 Å². The molecule has 0 saturated carbocycles. The zero-order valence-corrected chi connectivity index (χ0v) is 73.7. The summed E-state index contributed by atoms with van der Waals surface area (Å²) in [5.74, 6) is 1.87. The highest BCUT2D eigenvalue weighted by Gasteiger charge is 2.22. The van der Waals surface area contributed by atoms with Crippen LogP contribution in [0.1, 0.15) is 168 Å². The predicted octanol–water partition coefficient (Wildman–Crippen LogP) is 28.3. The number of hydrogen-bond donors (Lipinski definition) is 0. The van der Waals surface area contributed by atoms with Gasteiger partial charge in [0.15, 0.2) is 23.1 Å². The third kappa shape index (κ3) is 20.1. The molecule has 0 aliphatic carbocycles. The van der Waals surface area contributed by atoms with Crippen LogP contribution in [0.15, 0.2) is 176 Å². The number of rotatable bonds is 11. The molecule has 0 fully saturated rings. The molecular formula is C108H118O10. The summed E-state index contributed by atoms with van der Waals surface area (Å²) in [5, 5.41) is 24.9. The molecule has 0 amide bonds. The number of allylic oxidation sites excluding steroid dienone is 1. The summed E-state index contributed by atoms with van der Waals surface area (Å²) in [7, 11) is 6.03. The number of Topliss-reactive ketones (excluding diaryl/α,β-unsaturated/α-hetero) is 1. The van der Waals surface area contributed by atoms with Gasteiger partial charge in [0, 0.05) is 24.6 Å². The summed E-state index contributed by atoms with van der Waals surface area (Å²) >= 11 is 0. The molecule has 15 aromatic carbocycles. The van der Waals surface area contributed by atoms with Gasteiger partial charge in [-0.05, 0) is 390 Å². The molecule has 10 heteroatoms. The molecule has 0 saturated heterocycles. The van der Waals surface area contributed by atoms with Gasteiger partial charge in [-0.1, -0.05) is 149 Å². The van der Waals surface area contributed by atoms with E-state index in [1.165, 1.54) is 251 Å². The second-order valence-corrected chi connectivity index (χ2v) is 32.1. The normalized spacial score (nSPS) is 11.0. The second kappa shape index (κ2) is 38.3. The first-order valence-electron chi connectivity index (χ1n) is 40.1. The maximum absolute atomic E-state index is 12.4. The van der Waals surface area contributed by atoms with E-state index in [2.05, 4.69) is 239 Å². The topological polar surface area (TPSA) is 124 Å². The smallest absolute Gasteiger partial charge is 0.347 e. The van der Waals surface area contributed by atoms with Gasteiger partial charge in [-0.3, -0.25) is 14.4 Å². The van der Waals surface area contributed by atoms with Crippen LogP contribution in [0.25, 0.3) is 103 Å². The SMILES string of the molecule is C.CC(=O)OCC(C)C.COc1cc(OC)c(C(=O)Oc2ccc(C(C)=O)cc2)cc1OC.COc1cccc(/C=C/C(C)=O)c1.Cc1cc2c3cc(C)c(C)cc3c3cc(C)c(C)cc3c2cc1C.Cc1cc2c3cc(C)c(C)cc3c3cc(C)c(C)cc3c2cc1C.Cc1cc2c3cc(C)c(C)cc3c3cc(C)c(C)cc3c2cc1C. The summed E-state index contributed by atoms with van der Waals surface area (Å²) in [5.41, 5.74) is 26.3. The highest BCUT2D eigenvalue weighted by atomic mass is 16.5. The van der Waals surface area contributed by atoms with Gasteiger partial charge < -0.3 is 28.4 Å². The van der Waals surface area contributed by atoms with Crippen molar-refractivity contribution in [1.29, 1.82) is 0 Å². The molecule has 610 valence electrons. The van der Waals surface area contributed by atoms with Crippen LogP contribution >= 0.6 is 0 Å². The molecule has 0 bridgehead atoms. The molecule has 0 heterocycles. The van der Waals surface area contributed by atoms with Crippen LogP contribution in [0.5, 0.6) is 28.7 Å². The highest BCUT2D eigenvalue weighted by Crippen LogP contribution is 2.43. The third-order valence-corrected chi connectivity index (χ3v) is 22.9. The van der Waals surface area contributed by atoms with E-state index < -0.39 is 5.97 Å². The van der Waals surface area contributed by atoms with Crippen molar-refractivity contribution in [1.82, 2.24) is 0 Å². The number of methoxy groups -OCH3 is 4. The molecule has 0 atom stereocenters. The van der Waals surface area contributed by atoms with E-state index in [1.54, 1.807) is 43.5 Å². The van der Waals surface area contributed by atoms with Crippen LogP contribution in [0.2, 0.25) is 0 Å². The first-order chi connectivity index (χ1) is 55.4. The van der Waals surface area contributed by atoms with Crippen molar-refractivity contribution in [2.45, 2.75) is 167 Å². The Balaban J connectivity index is 0.000000166. The number of fused-ring (bicyclic) bond motifs is 18. The molecule has 118 heavy (non-hydrogen) atoms. The van der Waals surface area contributed by atoms with Crippen molar-refractivity contribution in [3.63, 3.8) is 0 Å². The fraction of sp³-hybridized carbons (Fsp3) is 0.278. The minimum absolute atomic E-state index is 0. The van der Waals surface area contributed by atoms with Gasteiger partial charge in [0.25, 0.3) is 0 Å². The molecule has 15 aromatic rings. The lowest BCUT2D eigenvalue weighted by Gasteiger charge is -2.16. The Hall–Kier alpha value is -12.1. The Morgan fingerprint density at radius 3 is 0.763 bits per heavy atom. The molecule has 0 spiro atoms. The van der Waals surface area contributed by atoms with Gasteiger partial charge in [0.2, 0.25) is 0 Å². The molecule has 0 unspecified atom stereocenters. The van der Waals surface area contributed by atoms with Crippen molar-refractivity contribution >= 4 is 127 Å². The summed E-state index contributed by atoms with van der Waals surface area (Å²) in [6, 6.07) is 59.6. The third-order valence-electron chi connectivity index (χ3n) is 22.9. The van der Waals surface area contributed by atoms with Crippen LogP contribution in [-0.2, 0) is 14.3 Å². The highest BCUT2D eigenvalue weighted by molar-refractivity contribution is 6.28. The lowest BCUT2D eigenvalue weighted by molar-refractivity contribution is -0.142. The minimum Gasteiger partial charge on any atom is -0.497 e. The largest absolute Gasteiger partial charge is 0.497 e. The van der Waals surface area contributed by atoms with Crippen LogP contribution in [0, 0.1) is 131 Å². The first kappa shape index (κ1) is 89.8. The fourth-order valence-corrected chi connectivity index (χ4v) is 14.7. The standard InChI is InChI=1S/3C24H24.C18H18O6.C11H12O2.C6H12O2.CH4/c3*1-13-7-19-20(8-14(13)2)22-10-16(4)18(6)12-24(22)23-11-17(5)15(3)9-21(19)23;1-11(19)12-5-7-13(8-6-12)24-18(20)14-9-16(22-3)17(23-4)10-15(14)21-2;1-9(12)6-7-10-4-3-5-11(8-10)13-2;1-5(2)4-8-6(3)7;/h3*7-12H,1-6H3;5-10H,1-4H3;3-8H,1-2H3;5H,4H2,1-3H3;1H4/b;;;;7-6+;;. The van der Waals surface area contributed by atoms with Gasteiger partial charge in [0.05, 0.1) is 35.0 Å². The number of hydrogen-bond acceptors (Lipinski definition) is 10. The Labute approximate surface area is 699 Å². The van der Waals surface area contributed by atoms with Crippen LogP contribution in [-0.4, -0.2) is 58.6 Å². The maximum Gasteiger partial charge on any atom is 0.347 e. The number of benzene rings is 15. The molecule has 0 N–H and O–H groups in total. The molecule has 0 aliphatic rings. The number of aryl methyl sites for hydroxylation is 18. The van der Waals surface area contributed by atoms with E-state index in [9.17, 15) is 19.2 Å². The van der Waals surface area contributed by atoms with Crippen molar-refractivity contribution in [3.05, 3.63) is 293 Å². The van der Waals surface area contributed by atoms with E-state index >= 15 is 0 Å². The zero-order chi connectivity index (χ0) is 85.5. The van der Waals surface area contributed by atoms with Gasteiger partial charge >= 0.3 is 11.9 Å². The Kier molecular flexibility index (Phi) is 29.1. The number of carbonyl (C=O) groups is 4. The van der Waals surface area contributed by atoms with Crippen molar-refractivity contribution in [2.75, 3.05) is 35.0 Å². The Bertz CT molecular complexity index is 5200. The lowest BCUT2D eigenvalue weighted by atomic mass is 9.88. The summed E-state index contributed by atoms with van der Waals surface area (Å²) in [4.78, 5) is 44.5. The first-order valence-corrected chi connectivity index (χ1v) is 40.1. The van der Waals surface area contributed by atoms with Crippen molar-refractivity contribution in [2.24, 2.45) is 5.92 Å². The number of ketones is 2. The molecule has 10 nitrogen and oxygen atoms in total. The summed E-state index contributed by atoms with van der Waals surface area (Å²) in [6.07, 6.45) is 3.31. The Morgan fingerprint density at radius 1 is 0.305 bits per heavy atom. The van der Waals surface area contributed by atoms with Crippen LogP contribution in [0.3, 0.4) is 0 Å². The molecule has 15 rings (SSSR count). The number of ether oxygens (including phenoxy) is 6. The zero-order valence-electron chi connectivity index (χ0n) is 73.7. The maximum atomic E-state index is 12.4. The van der Waals surface area contributed by atoms with E-state index in [0.717, 1.165) is 11.3 Å². The Morgan fingerprint density at radius 2 is 0.559 bits per heavy atom.